The third-order valence-corrected chi connectivity index (χ3v) is 3.59. The molecule has 1 N–H and O–H groups in total. The zero-order chi connectivity index (χ0) is 14.3. The lowest BCUT2D eigenvalue weighted by molar-refractivity contribution is 0.0652. The Hall–Kier alpha value is -2.50. The molecule has 1 aliphatic rings. The van der Waals surface area contributed by atoms with E-state index >= 15 is 0 Å². The number of nitrogens with zero attached hydrogens (tertiary/aromatic N) is 3. The molecular formula is C14H15N3O3. The third-order valence-electron chi connectivity index (χ3n) is 3.59. The van der Waals surface area contributed by atoms with Crippen LogP contribution in [0.1, 0.15) is 10.6 Å². The van der Waals surface area contributed by atoms with Gasteiger partial charge in [0, 0.05) is 38.8 Å². The highest BCUT2D eigenvalue weighted by molar-refractivity contribution is 5.86. The zero-order valence-electron chi connectivity index (χ0n) is 11.3. The summed E-state index contributed by atoms with van der Waals surface area (Å²) in [6.07, 6.45) is 0. The van der Waals surface area contributed by atoms with E-state index in [1.807, 2.05) is 25.2 Å². The third kappa shape index (κ3) is 1.99. The molecule has 2 heterocycles. The van der Waals surface area contributed by atoms with E-state index in [0.717, 1.165) is 30.0 Å². The Bertz CT molecular complexity index is 665. The Morgan fingerprint density at radius 1 is 1.20 bits per heavy atom. The average Bonchev–Trinajstić information content (AvgIpc) is 2.93. The molecule has 0 unspecified atom stereocenters. The summed E-state index contributed by atoms with van der Waals surface area (Å²) < 4.78 is 4.80. The van der Waals surface area contributed by atoms with Crippen molar-refractivity contribution in [2.45, 2.75) is 0 Å². The van der Waals surface area contributed by atoms with Gasteiger partial charge in [-0.25, -0.2) is 4.79 Å². The predicted molar refractivity (Wildman–Crippen MR) is 75.4 cm³/mol. The van der Waals surface area contributed by atoms with Crippen molar-refractivity contribution in [2.24, 2.45) is 0 Å². The van der Waals surface area contributed by atoms with Crippen LogP contribution in [0.15, 0.2) is 28.8 Å². The van der Waals surface area contributed by atoms with Crippen LogP contribution in [-0.4, -0.2) is 43.4 Å². The molecule has 1 aromatic heterocycles. The molecule has 0 bridgehead atoms. The molecule has 1 aromatic carbocycles. The molecule has 1 aliphatic heterocycles. The minimum absolute atomic E-state index is 0.150. The maximum Gasteiger partial charge on any atom is 0.374 e. The Labute approximate surface area is 116 Å². The number of aromatic carboxylic acids is 1. The summed E-state index contributed by atoms with van der Waals surface area (Å²) in [6, 6.07) is 7.40. The van der Waals surface area contributed by atoms with Crippen molar-refractivity contribution in [3.63, 3.8) is 0 Å². The Balaban J connectivity index is 2.03. The predicted octanol–water partition coefficient (Wildman–Crippen LogP) is 1.93. The number of benzene rings is 1. The Morgan fingerprint density at radius 2 is 1.90 bits per heavy atom. The van der Waals surface area contributed by atoms with Gasteiger partial charge in [-0.15, -0.1) is 0 Å². The normalized spacial score (nSPS) is 14.3. The topological polar surface area (TPSA) is 69.8 Å². The summed E-state index contributed by atoms with van der Waals surface area (Å²) in [4.78, 5) is 15.2. The van der Waals surface area contributed by atoms with E-state index in [2.05, 4.69) is 22.0 Å². The van der Waals surface area contributed by atoms with Crippen LogP contribution < -0.4 is 9.80 Å². The van der Waals surface area contributed by atoms with Gasteiger partial charge < -0.3 is 19.4 Å². The Morgan fingerprint density at radius 3 is 2.55 bits per heavy atom. The SMILES string of the molecule is CN1CCN(C)c2cc(-c3cc(C(=O)O)on3)ccc21. The van der Waals surface area contributed by atoms with E-state index in [1.165, 1.54) is 6.07 Å². The largest absolute Gasteiger partial charge is 0.475 e. The molecule has 0 spiro atoms. The summed E-state index contributed by atoms with van der Waals surface area (Å²) in [5, 5.41) is 12.7. The van der Waals surface area contributed by atoms with Crippen LogP contribution in [0.3, 0.4) is 0 Å². The van der Waals surface area contributed by atoms with Gasteiger partial charge in [0.2, 0.25) is 5.76 Å². The maximum absolute atomic E-state index is 10.8. The monoisotopic (exact) mass is 273 g/mol. The number of anilines is 2. The van der Waals surface area contributed by atoms with Crippen LogP contribution in [0, 0.1) is 0 Å². The quantitative estimate of drug-likeness (QED) is 0.901. The highest BCUT2D eigenvalue weighted by atomic mass is 16.5. The smallest absolute Gasteiger partial charge is 0.374 e. The van der Waals surface area contributed by atoms with Crippen molar-refractivity contribution in [3.8, 4) is 11.3 Å². The lowest BCUT2D eigenvalue weighted by Gasteiger charge is -2.34. The van der Waals surface area contributed by atoms with Crippen molar-refractivity contribution in [1.82, 2.24) is 5.16 Å². The number of carboxylic acids is 1. The number of likely N-dealkylation sites (N-methyl/N-ethyl adjacent to an activating group) is 2. The van der Waals surface area contributed by atoms with Crippen molar-refractivity contribution in [2.75, 3.05) is 37.0 Å². The van der Waals surface area contributed by atoms with Gasteiger partial charge in [0.15, 0.2) is 0 Å². The number of fused-ring (bicyclic) bond motifs is 1. The van der Waals surface area contributed by atoms with E-state index < -0.39 is 5.97 Å². The maximum atomic E-state index is 10.8. The second-order valence-corrected chi connectivity index (χ2v) is 4.93. The summed E-state index contributed by atoms with van der Waals surface area (Å²) >= 11 is 0. The van der Waals surface area contributed by atoms with E-state index in [1.54, 1.807) is 0 Å². The molecule has 0 radical (unpaired) electrons. The molecule has 0 amide bonds. The van der Waals surface area contributed by atoms with E-state index in [4.69, 9.17) is 9.63 Å². The first kappa shape index (κ1) is 12.5. The fourth-order valence-electron chi connectivity index (χ4n) is 2.36. The molecule has 104 valence electrons. The summed E-state index contributed by atoms with van der Waals surface area (Å²) in [7, 11) is 4.10. The molecule has 0 fully saturated rings. The average molecular weight is 273 g/mol. The standard InChI is InChI=1S/C14H15N3O3/c1-16-5-6-17(2)12-7-9(3-4-11(12)16)10-8-13(14(18)19)20-15-10/h3-4,7-8H,5-6H2,1-2H3,(H,18,19). The minimum atomic E-state index is -1.11. The number of hydrogen-bond acceptors (Lipinski definition) is 5. The molecule has 20 heavy (non-hydrogen) atoms. The number of carbonyl (C=O) groups is 1. The molecule has 2 aromatic rings. The first-order valence-corrected chi connectivity index (χ1v) is 6.33. The first-order valence-electron chi connectivity index (χ1n) is 6.33. The summed E-state index contributed by atoms with van der Waals surface area (Å²) in [5.41, 5.74) is 3.65. The molecule has 0 atom stereocenters. The van der Waals surface area contributed by atoms with Crippen molar-refractivity contribution in [3.05, 3.63) is 30.0 Å². The Kier molecular flexibility index (Phi) is 2.85. The molecule has 0 saturated heterocycles. The number of hydrogen-bond donors (Lipinski definition) is 1. The zero-order valence-corrected chi connectivity index (χ0v) is 11.3. The fourth-order valence-corrected chi connectivity index (χ4v) is 2.36. The van der Waals surface area contributed by atoms with E-state index in [-0.39, 0.29) is 5.76 Å². The highest BCUT2D eigenvalue weighted by Crippen LogP contribution is 2.35. The molecule has 6 nitrogen and oxygen atoms in total. The molecular weight excluding hydrogens is 258 g/mol. The lowest BCUT2D eigenvalue weighted by atomic mass is 10.1. The van der Waals surface area contributed by atoms with Crippen LogP contribution in [0.25, 0.3) is 11.3 Å². The first-order chi connectivity index (χ1) is 9.56. The van der Waals surface area contributed by atoms with E-state index in [0.29, 0.717) is 5.69 Å². The van der Waals surface area contributed by atoms with Gasteiger partial charge in [0.05, 0.1) is 11.4 Å². The van der Waals surface area contributed by atoms with Gasteiger partial charge in [-0.2, -0.15) is 0 Å². The molecule has 3 rings (SSSR count). The minimum Gasteiger partial charge on any atom is -0.475 e. The van der Waals surface area contributed by atoms with Gasteiger partial charge in [0.25, 0.3) is 0 Å². The van der Waals surface area contributed by atoms with Crippen molar-refractivity contribution < 1.29 is 14.4 Å². The van der Waals surface area contributed by atoms with Gasteiger partial charge in [-0.3, -0.25) is 0 Å². The van der Waals surface area contributed by atoms with Crippen molar-refractivity contribution in [1.29, 1.82) is 0 Å². The molecule has 0 saturated carbocycles. The van der Waals surface area contributed by atoms with Crippen molar-refractivity contribution >= 4 is 17.3 Å². The van der Waals surface area contributed by atoms with Crippen LogP contribution in [0.4, 0.5) is 11.4 Å². The van der Waals surface area contributed by atoms with Gasteiger partial charge in [-0.05, 0) is 12.1 Å². The number of carboxylic acid groups (broad SMARTS) is 1. The molecule has 6 heteroatoms. The van der Waals surface area contributed by atoms with Crippen LogP contribution in [0.2, 0.25) is 0 Å². The number of rotatable bonds is 2. The molecule has 0 aliphatic carbocycles. The van der Waals surface area contributed by atoms with Gasteiger partial charge in [-0.1, -0.05) is 11.2 Å². The van der Waals surface area contributed by atoms with Gasteiger partial charge >= 0.3 is 5.97 Å². The van der Waals surface area contributed by atoms with Crippen LogP contribution >= 0.6 is 0 Å². The van der Waals surface area contributed by atoms with Gasteiger partial charge in [0.1, 0.15) is 5.69 Å². The fraction of sp³-hybridized carbons (Fsp3) is 0.286. The lowest BCUT2D eigenvalue weighted by Crippen LogP contribution is -2.36. The van der Waals surface area contributed by atoms with Crippen LogP contribution in [0.5, 0.6) is 0 Å². The number of aromatic nitrogens is 1. The summed E-state index contributed by atoms with van der Waals surface area (Å²) in [5.74, 6) is -1.26. The second-order valence-electron chi connectivity index (χ2n) is 4.93. The summed E-state index contributed by atoms with van der Waals surface area (Å²) in [6.45, 7) is 1.93. The second kappa shape index (κ2) is 4.56. The van der Waals surface area contributed by atoms with E-state index in [9.17, 15) is 4.79 Å². The highest BCUT2D eigenvalue weighted by Gasteiger charge is 2.19. The van der Waals surface area contributed by atoms with Crippen LogP contribution in [-0.2, 0) is 0 Å².